The SMILES string of the molecule is NCCC1CCCN(Cc2ncc(-c3cccc(Cl)c3)o2)C1. The lowest BCUT2D eigenvalue weighted by atomic mass is 9.95. The minimum absolute atomic E-state index is 0.705. The molecule has 2 N–H and O–H groups in total. The van der Waals surface area contributed by atoms with Gasteiger partial charge in [0.05, 0.1) is 12.7 Å². The maximum atomic E-state index is 6.02. The van der Waals surface area contributed by atoms with Crippen molar-refractivity contribution in [2.24, 2.45) is 11.7 Å². The van der Waals surface area contributed by atoms with Gasteiger partial charge in [-0.05, 0) is 50.4 Å². The van der Waals surface area contributed by atoms with Crippen LogP contribution in [0.3, 0.4) is 0 Å². The average Bonchev–Trinajstić information content (AvgIpc) is 2.96. The van der Waals surface area contributed by atoms with E-state index in [1.807, 2.05) is 24.3 Å². The highest BCUT2D eigenvalue weighted by molar-refractivity contribution is 6.30. The molecule has 1 aliphatic rings. The molecule has 118 valence electrons. The molecule has 5 heteroatoms. The third-order valence-corrected chi connectivity index (χ3v) is 4.43. The van der Waals surface area contributed by atoms with Crippen LogP contribution in [0.2, 0.25) is 5.02 Å². The summed E-state index contributed by atoms with van der Waals surface area (Å²) in [5, 5.41) is 0.705. The molecule has 0 aliphatic carbocycles. The first kappa shape index (κ1) is 15.5. The van der Waals surface area contributed by atoms with Gasteiger partial charge in [0, 0.05) is 17.1 Å². The van der Waals surface area contributed by atoms with Gasteiger partial charge < -0.3 is 10.2 Å². The molecule has 0 bridgehead atoms. The lowest BCUT2D eigenvalue weighted by Gasteiger charge is -2.31. The van der Waals surface area contributed by atoms with Crippen molar-refractivity contribution in [3.8, 4) is 11.3 Å². The van der Waals surface area contributed by atoms with Crippen molar-refractivity contribution in [1.82, 2.24) is 9.88 Å². The van der Waals surface area contributed by atoms with Gasteiger partial charge in [0.15, 0.2) is 5.76 Å². The van der Waals surface area contributed by atoms with Gasteiger partial charge in [-0.15, -0.1) is 0 Å². The van der Waals surface area contributed by atoms with Crippen molar-refractivity contribution >= 4 is 11.6 Å². The van der Waals surface area contributed by atoms with Gasteiger partial charge in [-0.1, -0.05) is 23.7 Å². The Labute approximate surface area is 136 Å². The Morgan fingerprint density at radius 1 is 1.41 bits per heavy atom. The topological polar surface area (TPSA) is 55.3 Å². The Balaban J connectivity index is 1.64. The number of nitrogens with zero attached hydrogens (tertiary/aromatic N) is 2. The molecule has 1 fully saturated rings. The standard InChI is InChI=1S/C17H22ClN3O/c18-15-5-1-4-14(9-15)16-10-20-17(22-16)12-21-8-2-3-13(11-21)6-7-19/h1,4-5,9-10,13H,2-3,6-8,11-12,19H2. The molecule has 0 saturated carbocycles. The fraction of sp³-hybridized carbons (Fsp3) is 0.471. The van der Waals surface area contributed by atoms with Gasteiger partial charge >= 0.3 is 0 Å². The number of rotatable bonds is 5. The Morgan fingerprint density at radius 2 is 2.32 bits per heavy atom. The minimum atomic E-state index is 0.705. The molecular weight excluding hydrogens is 298 g/mol. The Hall–Kier alpha value is -1.36. The third-order valence-electron chi connectivity index (χ3n) is 4.20. The van der Waals surface area contributed by atoms with E-state index in [-0.39, 0.29) is 0 Å². The number of piperidine rings is 1. The summed E-state index contributed by atoms with van der Waals surface area (Å²) in [7, 11) is 0. The molecule has 0 amide bonds. The highest BCUT2D eigenvalue weighted by atomic mass is 35.5. The summed E-state index contributed by atoms with van der Waals surface area (Å²) in [6.07, 6.45) is 5.40. The number of aromatic nitrogens is 1. The van der Waals surface area contributed by atoms with Gasteiger partial charge in [0.1, 0.15) is 0 Å². The molecule has 1 aromatic heterocycles. The van der Waals surface area contributed by atoms with Crippen LogP contribution in [0.25, 0.3) is 11.3 Å². The van der Waals surface area contributed by atoms with Crippen molar-refractivity contribution in [2.45, 2.75) is 25.8 Å². The van der Waals surface area contributed by atoms with E-state index < -0.39 is 0 Å². The summed E-state index contributed by atoms with van der Waals surface area (Å²) in [6, 6.07) is 7.65. The number of hydrogen-bond donors (Lipinski definition) is 1. The molecule has 2 aromatic rings. The van der Waals surface area contributed by atoms with Crippen molar-refractivity contribution < 1.29 is 4.42 Å². The van der Waals surface area contributed by atoms with Gasteiger partial charge in [0.2, 0.25) is 5.89 Å². The first-order valence-electron chi connectivity index (χ1n) is 7.87. The van der Waals surface area contributed by atoms with Crippen molar-refractivity contribution in [3.05, 3.63) is 41.4 Å². The summed E-state index contributed by atoms with van der Waals surface area (Å²) < 4.78 is 5.89. The van der Waals surface area contributed by atoms with Crippen molar-refractivity contribution in [3.63, 3.8) is 0 Å². The summed E-state index contributed by atoms with van der Waals surface area (Å²) in [4.78, 5) is 6.83. The van der Waals surface area contributed by atoms with Crippen LogP contribution < -0.4 is 5.73 Å². The fourth-order valence-electron chi connectivity index (χ4n) is 3.12. The predicted octanol–water partition coefficient (Wildman–Crippen LogP) is 3.56. The second-order valence-corrected chi connectivity index (χ2v) is 6.39. The maximum Gasteiger partial charge on any atom is 0.209 e. The van der Waals surface area contributed by atoms with E-state index in [0.717, 1.165) is 49.8 Å². The summed E-state index contributed by atoms with van der Waals surface area (Å²) in [6.45, 7) is 3.74. The van der Waals surface area contributed by atoms with Crippen LogP contribution in [0.4, 0.5) is 0 Å². The first-order valence-corrected chi connectivity index (χ1v) is 8.25. The largest absolute Gasteiger partial charge is 0.439 e. The molecule has 22 heavy (non-hydrogen) atoms. The van der Waals surface area contributed by atoms with Gasteiger partial charge in [-0.3, -0.25) is 4.90 Å². The summed E-state index contributed by atoms with van der Waals surface area (Å²) in [5.41, 5.74) is 6.64. The minimum Gasteiger partial charge on any atom is -0.439 e. The van der Waals surface area contributed by atoms with E-state index in [2.05, 4.69) is 9.88 Å². The number of hydrogen-bond acceptors (Lipinski definition) is 4. The van der Waals surface area contributed by atoms with E-state index >= 15 is 0 Å². The normalized spacial score (nSPS) is 19.5. The van der Waals surface area contributed by atoms with Crippen LogP contribution in [0.15, 0.2) is 34.9 Å². The predicted molar refractivity (Wildman–Crippen MR) is 88.6 cm³/mol. The van der Waals surface area contributed by atoms with Crippen LogP contribution in [-0.4, -0.2) is 29.5 Å². The van der Waals surface area contributed by atoms with Crippen molar-refractivity contribution in [2.75, 3.05) is 19.6 Å². The Morgan fingerprint density at radius 3 is 3.14 bits per heavy atom. The molecule has 1 atom stereocenters. The van der Waals surface area contributed by atoms with Crippen LogP contribution in [0.1, 0.15) is 25.2 Å². The van der Waals surface area contributed by atoms with Gasteiger partial charge in [-0.25, -0.2) is 4.98 Å². The monoisotopic (exact) mass is 319 g/mol. The van der Waals surface area contributed by atoms with E-state index in [4.69, 9.17) is 21.8 Å². The quantitative estimate of drug-likeness (QED) is 0.915. The number of oxazole rings is 1. The molecule has 1 saturated heterocycles. The third kappa shape index (κ3) is 3.88. The molecule has 1 unspecified atom stereocenters. The lowest BCUT2D eigenvalue weighted by Crippen LogP contribution is -2.35. The number of likely N-dealkylation sites (tertiary alicyclic amines) is 1. The molecule has 3 rings (SSSR count). The fourth-order valence-corrected chi connectivity index (χ4v) is 3.31. The molecule has 0 radical (unpaired) electrons. The lowest BCUT2D eigenvalue weighted by molar-refractivity contribution is 0.151. The number of benzene rings is 1. The van der Waals surface area contributed by atoms with E-state index in [9.17, 15) is 0 Å². The first-order chi connectivity index (χ1) is 10.7. The summed E-state index contributed by atoms with van der Waals surface area (Å²) in [5.74, 6) is 2.25. The maximum absolute atomic E-state index is 6.02. The molecule has 1 aliphatic heterocycles. The van der Waals surface area contributed by atoms with E-state index in [0.29, 0.717) is 10.9 Å². The highest BCUT2D eigenvalue weighted by Crippen LogP contribution is 2.25. The highest BCUT2D eigenvalue weighted by Gasteiger charge is 2.20. The van der Waals surface area contributed by atoms with E-state index in [1.165, 1.54) is 12.8 Å². The number of halogens is 1. The zero-order valence-electron chi connectivity index (χ0n) is 12.7. The van der Waals surface area contributed by atoms with E-state index in [1.54, 1.807) is 6.20 Å². The van der Waals surface area contributed by atoms with Crippen LogP contribution in [0, 0.1) is 5.92 Å². The summed E-state index contributed by atoms with van der Waals surface area (Å²) >= 11 is 6.02. The van der Waals surface area contributed by atoms with Crippen LogP contribution >= 0.6 is 11.6 Å². The molecule has 4 nitrogen and oxygen atoms in total. The zero-order chi connectivity index (χ0) is 15.4. The smallest absolute Gasteiger partial charge is 0.209 e. The van der Waals surface area contributed by atoms with Crippen LogP contribution in [-0.2, 0) is 6.54 Å². The van der Waals surface area contributed by atoms with Crippen molar-refractivity contribution in [1.29, 1.82) is 0 Å². The Kier molecular flexibility index (Phi) is 5.13. The van der Waals surface area contributed by atoms with Gasteiger partial charge in [0.25, 0.3) is 0 Å². The average molecular weight is 320 g/mol. The van der Waals surface area contributed by atoms with Crippen LogP contribution in [0.5, 0.6) is 0 Å². The van der Waals surface area contributed by atoms with Gasteiger partial charge in [-0.2, -0.15) is 0 Å². The molecule has 2 heterocycles. The molecular formula is C17H22ClN3O. The second kappa shape index (κ2) is 7.27. The molecule has 0 spiro atoms. The second-order valence-electron chi connectivity index (χ2n) is 5.95. The molecule has 1 aromatic carbocycles. The zero-order valence-corrected chi connectivity index (χ0v) is 13.4. The number of nitrogens with two attached hydrogens (primary N) is 1. The Bertz CT molecular complexity index is 611.